The Hall–Kier alpha value is -0.530. The standard InChI is InChI=1S/C9H17NO2S/c1-5-9(4)10-6-7-13(11,12)8(2)3/h1,8-10H,6-7H2,2-4H3. The number of hydrogen-bond acceptors (Lipinski definition) is 3. The number of rotatable bonds is 5. The van der Waals surface area contributed by atoms with Crippen LogP contribution in [0.4, 0.5) is 0 Å². The van der Waals surface area contributed by atoms with Gasteiger partial charge in [-0.2, -0.15) is 0 Å². The maximum atomic E-state index is 11.3. The molecule has 3 nitrogen and oxygen atoms in total. The molecule has 0 aromatic heterocycles. The van der Waals surface area contributed by atoms with Crippen LogP contribution >= 0.6 is 0 Å². The van der Waals surface area contributed by atoms with Crippen molar-refractivity contribution in [3.8, 4) is 12.3 Å². The van der Waals surface area contributed by atoms with E-state index < -0.39 is 9.84 Å². The van der Waals surface area contributed by atoms with Gasteiger partial charge < -0.3 is 5.32 Å². The minimum absolute atomic E-state index is 0.0673. The summed E-state index contributed by atoms with van der Waals surface area (Å²) in [4.78, 5) is 0. The molecule has 0 aromatic carbocycles. The molecule has 0 aliphatic heterocycles. The second-order valence-corrected chi connectivity index (χ2v) is 5.93. The fourth-order valence-corrected chi connectivity index (χ4v) is 1.59. The van der Waals surface area contributed by atoms with Crippen LogP contribution in [-0.2, 0) is 9.84 Å². The van der Waals surface area contributed by atoms with Gasteiger partial charge in [-0.15, -0.1) is 6.42 Å². The lowest BCUT2D eigenvalue weighted by atomic mass is 10.4. The van der Waals surface area contributed by atoms with Crippen molar-refractivity contribution in [3.05, 3.63) is 0 Å². The molecule has 0 radical (unpaired) electrons. The Balaban J connectivity index is 3.86. The van der Waals surface area contributed by atoms with Gasteiger partial charge in [-0.05, 0) is 20.8 Å². The second kappa shape index (κ2) is 5.25. The van der Waals surface area contributed by atoms with E-state index in [0.717, 1.165) is 0 Å². The third kappa shape index (κ3) is 4.91. The van der Waals surface area contributed by atoms with E-state index in [0.29, 0.717) is 6.54 Å². The quantitative estimate of drug-likeness (QED) is 0.659. The van der Waals surface area contributed by atoms with Crippen LogP contribution in [0.2, 0.25) is 0 Å². The van der Waals surface area contributed by atoms with Gasteiger partial charge in [0, 0.05) is 6.54 Å². The van der Waals surface area contributed by atoms with Gasteiger partial charge in [-0.1, -0.05) is 5.92 Å². The van der Waals surface area contributed by atoms with Crippen LogP contribution in [0.5, 0.6) is 0 Å². The number of nitrogens with one attached hydrogen (secondary N) is 1. The Bertz CT molecular complexity index is 274. The minimum atomic E-state index is -2.93. The van der Waals surface area contributed by atoms with Crippen molar-refractivity contribution in [1.29, 1.82) is 0 Å². The molecule has 0 fully saturated rings. The highest BCUT2D eigenvalue weighted by Gasteiger charge is 2.15. The van der Waals surface area contributed by atoms with E-state index in [1.807, 2.05) is 6.92 Å². The molecule has 76 valence electrons. The van der Waals surface area contributed by atoms with E-state index in [-0.39, 0.29) is 17.0 Å². The second-order valence-electron chi connectivity index (χ2n) is 3.26. The van der Waals surface area contributed by atoms with Gasteiger partial charge in [0.25, 0.3) is 0 Å². The zero-order valence-electron chi connectivity index (χ0n) is 8.37. The van der Waals surface area contributed by atoms with E-state index in [4.69, 9.17) is 6.42 Å². The van der Waals surface area contributed by atoms with Gasteiger partial charge in [0.15, 0.2) is 9.84 Å². The van der Waals surface area contributed by atoms with Crippen LogP contribution in [0, 0.1) is 12.3 Å². The Labute approximate surface area is 80.8 Å². The summed E-state index contributed by atoms with van der Waals surface area (Å²) in [6.45, 7) is 5.60. The number of hydrogen-bond donors (Lipinski definition) is 1. The van der Waals surface area contributed by atoms with E-state index in [1.54, 1.807) is 13.8 Å². The first kappa shape index (κ1) is 12.5. The van der Waals surface area contributed by atoms with Crippen molar-refractivity contribution in [3.63, 3.8) is 0 Å². The highest BCUT2D eigenvalue weighted by Crippen LogP contribution is 1.99. The van der Waals surface area contributed by atoms with Crippen molar-refractivity contribution in [1.82, 2.24) is 5.32 Å². The summed E-state index contributed by atoms with van der Waals surface area (Å²) in [7, 11) is -2.93. The van der Waals surface area contributed by atoms with E-state index in [9.17, 15) is 8.42 Å². The van der Waals surface area contributed by atoms with Crippen LogP contribution in [0.3, 0.4) is 0 Å². The average Bonchev–Trinajstić information content (AvgIpc) is 2.03. The minimum Gasteiger partial charge on any atom is -0.303 e. The summed E-state index contributed by atoms with van der Waals surface area (Å²) in [5, 5.41) is 2.62. The fourth-order valence-electron chi connectivity index (χ4n) is 0.712. The monoisotopic (exact) mass is 203 g/mol. The molecule has 0 bridgehead atoms. The summed E-state index contributed by atoms with van der Waals surface area (Å²) < 4.78 is 22.6. The summed E-state index contributed by atoms with van der Waals surface area (Å²) >= 11 is 0. The molecule has 0 saturated heterocycles. The van der Waals surface area contributed by atoms with Crippen LogP contribution in [0.15, 0.2) is 0 Å². The molecular formula is C9H17NO2S. The molecule has 0 aliphatic carbocycles. The molecule has 0 aliphatic rings. The van der Waals surface area contributed by atoms with Crippen molar-refractivity contribution in [2.45, 2.75) is 32.1 Å². The topological polar surface area (TPSA) is 46.2 Å². The van der Waals surface area contributed by atoms with Crippen molar-refractivity contribution >= 4 is 9.84 Å². The Morgan fingerprint density at radius 1 is 1.38 bits per heavy atom. The summed E-state index contributed by atoms with van der Waals surface area (Å²) in [6.07, 6.45) is 5.12. The lowest BCUT2D eigenvalue weighted by molar-refractivity contribution is 0.580. The average molecular weight is 203 g/mol. The van der Waals surface area contributed by atoms with Crippen molar-refractivity contribution in [2.75, 3.05) is 12.3 Å². The molecule has 0 aromatic rings. The SMILES string of the molecule is C#CC(C)NCCS(=O)(=O)C(C)C. The smallest absolute Gasteiger partial charge is 0.153 e. The highest BCUT2D eigenvalue weighted by molar-refractivity contribution is 7.92. The molecule has 13 heavy (non-hydrogen) atoms. The zero-order chi connectivity index (χ0) is 10.5. The molecule has 1 unspecified atom stereocenters. The van der Waals surface area contributed by atoms with Crippen molar-refractivity contribution < 1.29 is 8.42 Å². The van der Waals surface area contributed by atoms with Crippen LogP contribution in [-0.4, -0.2) is 32.0 Å². The molecule has 0 saturated carbocycles. The first-order chi connectivity index (χ1) is 5.90. The third-order valence-corrected chi connectivity index (χ3v) is 4.01. The Kier molecular flexibility index (Phi) is 5.04. The van der Waals surface area contributed by atoms with Crippen LogP contribution < -0.4 is 5.32 Å². The predicted octanol–water partition coefficient (Wildman–Crippen LogP) is 0.421. The van der Waals surface area contributed by atoms with Gasteiger partial charge in [0.05, 0.1) is 17.0 Å². The van der Waals surface area contributed by atoms with E-state index >= 15 is 0 Å². The summed E-state index contributed by atoms with van der Waals surface area (Å²) in [6, 6.07) is -0.0673. The predicted molar refractivity (Wildman–Crippen MR) is 55.2 cm³/mol. The largest absolute Gasteiger partial charge is 0.303 e. The maximum absolute atomic E-state index is 11.3. The van der Waals surface area contributed by atoms with Gasteiger partial charge in [0.2, 0.25) is 0 Å². The fraction of sp³-hybridized carbons (Fsp3) is 0.778. The molecule has 1 N–H and O–H groups in total. The molecular weight excluding hydrogens is 186 g/mol. The number of sulfone groups is 1. The third-order valence-electron chi connectivity index (χ3n) is 1.81. The normalized spacial score (nSPS) is 14.1. The summed E-state index contributed by atoms with van der Waals surface area (Å²) in [5.74, 6) is 2.62. The lowest BCUT2D eigenvalue weighted by Gasteiger charge is -2.09. The van der Waals surface area contributed by atoms with Crippen molar-refractivity contribution in [2.24, 2.45) is 0 Å². The Morgan fingerprint density at radius 3 is 2.31 bits per heavy atom. The number of terminal acetylenes is 1. The maximum Gasteiger partial charge on any atom is 0.153 e. The van der Waals surface area contributed by atoms with E-state index in [1.165, 1.54) is 0 Å². The summed E-state index contributed by atoms with van der Waals surface area (Å²) in [5.41, 5.74) is 0. The first-order valence-corrected chi connectivity index (χ1v) is 6.02. The van der Waals surface area contributed by atoms with Crippen LogP contribution in [0.25, 0.3) is 0 Å². The van der Waals surface area contributed by atoms with E-state index in [2.05, 4.69) is 11.2 Å². The lowest BCUT2D eigenvalue weighted by Crippen LogP contribution is -2.32. The van der Waals surface area contributed by atoms with Gasteiger partial charge in [0.1, 0.15) is 0 Å². The van der Waals surface area contributed by atoms with Crippen LogP contribution in [0.1, 0.15) is 20.8 Å². The zero-order valence-corrected chi connectivity index (χ0v) is 9.19. The van der Waals surface area contributed by atoms with Gasteiger partial charge in [-0.25, -0.2) is 8.42 Å². The Morgan fingerprint density at radius 2 is 1.92 bits per heavy atom. The molecule has 0 amide bonds. The van der Waals surface area contributed by atoms with Gasteiger partial charge >= 0.3 is 0 Å². The molecule has 4 heteroatoms. The molecule has 0 heterocycles. The van der Waals surface area contributed by atoms with Gasteiger partial charge in [-0.3, -0.25) is 0 Å². The molecule has 1 atom stereocenters. The first-order valence-electron chi connectivity index (χ1n) is 4.31. The molecule has 0 rings (SSSR count). The highest BCUT2D eigenvalue weighted by atomic mass is 32.2. The molecule has 0 spiro atoms.